The number of hydrogen-bond donors (Lipinski definition) is 1. The molecule has 1 aromatic carbocycles. The Morgan fingerprint density at radius 3 is 2.61 bits per heavy atom. The summed E-state index contributed by atoms with van der Waals surface area (Å²) in [6, 6.07) is 7.62. The van der Waals surface area contributed by atoms with Crippen LogP contribution in [0.1, 0.15) is 35.7 Å². The molecule has 0 saturated heterocycles. The number of unbranched alkanes of at least 4 members (excludes halogenated alkanes) is 1. The lowest BCUT2D eigenvalue weighted by atomic mass is 10.1. The van der Waals surface area contributed by atoms with Gasteiger partial charge in [-0.2, -0.15) is 0 Å². The summed E-state index contributed by atoms with van der Waals surface area (Å²) in [5, 5.41) is 3.72. The molecule has 0 aliphatic heterocycles. The van der Waals surface area contributed by atoms with Gasteiger partial charge in [0.2, 0.25) is 0 Å². The summed E-state index contributed by atoms with van der Waals surface area (Å²) in [7, 11) is 0. The molecule has 0 spiro atoms. The first-order valence-electron chi connectivity index (χ1n) is 6.28. The predicted octanol–water partition coefficient (Wildman–Crippen LogP) is 3.13. The molecular formula is C14H20BrNO2. The maximum atomic E-state index is 11.8. The highest BCUT2D eigenvalue weighted by molar-refractivity contribution is 9.08. The van der Waals surface area contributed by atoms with Crippen LogP contribution in [0, 0.1) is 0 Å². The Morgan fingerprint density at radius 1 is 1.28 bits per heavy atom. The lowest BCUT2D eigenvalue weighted by Crippen LogP contribution is -2.24. The maximum absolute atomic E-state index is 11.8. The van der Waals surface area contributed by atoms with Gasteiger partial charge in [0, 0.05) is 30.7 Å². The van der Waals surface area contributed by atoms with Gasteiger partial charge in [-0.3, -0.25) is 4.79 Å². The minimum Gasteiger partial charge on any atom is -0.382 e. The van der Waals surface area contributed by atoms with Crippen LogP contribution in [0.25, 0.3) is 0 Å². The second kappa shape index (κ2) is 9.11. The summed E-state index contributed by atoms with van der Waals surface area (Å²) in [5.74, 6) is -0.00691. The first-order valence-corrected chi connectivity index (χ1v) is 7.41. The van der Waals surface area contributed by atoms with Crippen LogP contribution < -0.4 is 5.32 Å². The first-order chi connectivity index (χ1) is 8.77. The van der Waals surface area contributed by atoms with Gasteiger partial charge in [-0.05, 0) is 37.5 Å². The van der Waals surface area contributed by atoms with Gasteiger partial charge in [0.05, 0.1) is 0 Å². The van der Waals surface area contributed by atoms with E-state index in [0.29, 0.717) is 12.1 Å². The largest absolute Gasteiger partial charge is 0.382 e. The van der Waals surface area contributed by atoms with Gasteiger partial charge in [0.15, 0.2) is 0 Å². The number of ether oxygens (including phenoxy) is 1. The van der Waals surface area contributed by atoms with Crippen LogP contribution in [0.3, 0.4) is 0 Å². The average Bonchev–Trinajstić information content (AvgIpc) is 2.42. The van der Waals surface area contributed by atoms with Crippen molar-refractivity contribution in [2.75, 3.05) is 19.8 Å². The van der Waals surface area contributed by atoms with E-state index in [-0.39, 0.29) is 5.91 Å². The van der Waals surface area contributed by atoms with Gasteiger partial charge in [-0.25, -0.2) is 0 Å². The number of rotatable bonds is 8. The monoisotopic (exact) mass is 313 g/mol. The molecule has 0 heterocycles. The molecule has 3 nitrogen and oxygen atoms in total. The van der Waals surface area contributed by atoms with Gasteiger partial charge >= 0.3 is 0 Å². The zero-order chi connectivity index (χ0) is 13.2. The number of amides is 1. The highest BCUT2D eigenvalue weighted by Gasteiger charge is 2.03. The first kappa shape index (κ1) is 15.2. The molecule has 4 heteroatoms. The van der Waals surface area contributed by atoms with Crippen molar-refractivity contribution in [3.8, 4) is 0 Å². The molecule has 1 N–H and O–H groups in total. The molecule has 0 unspecified atom stereocenters. The van der Waals surface area contributed by atoms with E-state index in [2.05, 4.69) is 21.2 Å². The molecule has 100 valence electrons. The van der Waals surface area contributed by atoms with Crippen molar-refractivity contribution in [1.29, 1.82) is 0 Å². The highest BCUT2D eigenvalue weighted by Crippen LogP contribution is 2.07. The van der Waals surface area contributed by atoms with Gasteiger partial charge in [-0.1, -0.05) is 28.1 Å². The molecule has 1 rings (SSSR count). The zero-order valence-corrected chi connectivity index (χ0v) is 12.3. The Bertz CT molecular complexity index is 351. The maximum Gasteiger partial charge on any atom is 0.251 e. The van der Waals surface area contributed by atoms with Crippen LogP contribution in [0.4, 0.5) is 0 Å². The lowest BCUT2D eigenvalue weighted by Gasteiger charge is -2.06. The average molecular weight is 314 g/mol. The van der Waals surface area contributed by atoms with E-state index in [1.54, 1.807) is 0 Å². The number of benzene rings is 1. The number of alkyl halides is 1. The summed E-state index contributed by atoms with van der Waals surface area (Å²) in [6.07, 6.45) is 1.93. The summed E-state index contributed by atoms with van der Waals surface area (Å²) in [5.41, 5.74) is 1.88. The van der Waals surface area contributed by atoms with Crippen molar-refractivity contribution in [2.24, 2.45) is 0 Å². The third-order valence-corrected chi connectivity index (χ3v) is 3.22. The van der Waals surface area contributed by atoms with Crippen LogP contribution in [0.5, 0.6) is 0 Å². The van der Waals surface area contributed by atoms with Gasteiger partial charge in [0.25, 0.3) is 5.91 Å². The fourth-order valence-corrected chi connectivity index (χ4v) is 1.90. The van der Waals surface area contributed by atoms with E-state index < -0.39 is 0 Å². The molecule has 0 saturated carbocycles. The molecule has 1 amide bonds. The van der Waals surface area contributed by atoms with Gasteiger partial charge < -0.3 is 10.1 Å². The highest BCUT2D eigenvalue weighted by atomic mass is 79.9. The van der Waals surface area contributed by atoms with Gasteiger partial charge in [0.1, 0.15) is 0 Å². The Hall–Kier alpha value is -0.870. The third-order valence-electron chi connectivity index (χ3n) is 2.58. The predicted molar refractivity (Wildman–Crippen MR) is 77.1 cm³/mol. The molecule has 0 aromatic heterocycles. The van der Waals surface area contributed by atoms with Crippen LogP contribution in [-0.4, -0.2) is 25.7 Å². The number of carbonyl (C=O) groups is 1. The Balaban J connectivity index is 2.23. The fraction of sp³-hybridized carbons (Fsp3) is 0.500. The Morgan fingerprint density at radius 2 is 2.00 bits per heavy atom. The van der Waals surface area contributed by atoms with Crippen molar-refractivity contribution < 1.29 is 9.53 Å². The van der Waals surface area contributed by atoms with Crippen molar-refractivity contribution in [3.63, 3.8) is 0 Å². The number of halogens is 1. The minimum absolute atomic E-state index is 0.00691. The third kappa shape index (κ3) is 5.65. The summed E-state index contributed by atoms with van der Waals surface area (Å²) in [4.78, 5) is 11.8. The second-order valence-electron chi connectivity index (χ2n) is 3.99. The Labute approximate surface area is 117 Å². The molecule has 0 aliphatic carbocycles. The molecule has 0 atom stereocenters. The summed E-state index contributed by atoms with van der Waals surface area (Å²) in [6.45, 7) is 4.21. The van der Waals surface area contributed by atoms with E-state index in [4.69, 9.17) is 4.74 Å². The molecule has 0 fully saturated rings. The van der Waals surface area contributed by atoms with Crippen molar-refractivity contribution >= 4 is 21.8 Å². The molecular weight excluding hydrogens is 294 g/mol. The Kier molecular flexibility index (Phi) is 7.69. The SMILES string of the molecule is CCOCCCCNC(=O)c1ccc(CBr)cc1. The van der Waals surface area contributed by atoms with E-state index in [1.165, 1.54) is 5.56 Å². The van der Waals surface area contributed by atoms with E-state index in [1.807, 2.05) is 31.2 Å². The summed E-state index contributed by atoms with van der Waals surface area (Å²) < 4.78 is 5.23. The quantitative estimate of drug-likeness (QED) is 0.591. The molecule has 18 heavy (non-hydrogen) atoms. The van der Waals surface area contributed by atoms with Crippen LogP contribution in [-0.2, 0) is 10.1 Å². The van der Waals surface area contributed by atoms with Gasteiger partial charge in [-0.15, -0.1) is 0 Å². The normalized spacial score (nSPS) is 10.3. The second-order valence-corrected chi connectivity index (χ2v) is 4.55. The van der Waals surface area contributed by atoms with Crippen LogP contribution in [0.2, 0.25) is 0 Å². The molecule has 0 radical (unpaired) electrons. The minimum atomic E-state index is -0.00691. The van der Waals surface area contributed by atoms with Crippen molar-refractivity contribution in [3.05, 3.63) is 35.4 Å². The van der Waals surface area contributed by atoms with E-state index in [0.717, 1.165) is 31.4 Å². The smallest absolute Gasteiger partial charge is 0.251 e. The van der Waals surface area contributed by atoms with Crippen LogP contribution in [0.15, 0.2) is 24.3 Å². The van der Waals surface area contributed by atoms with E-state index in [9.17, 15) is 4.79 Å². The topological polar surface area (TPSA) is 38.3 Å². The zero-order valence-electron chi connectivity index (χ0n) is 10.7. The number of carbonyl (C=O) groups excluding carboxylic acids is 1. The standard InChI is InChI=1S/C14H20BrNO2/c1-2-18-10-4-3-9-16-14(17)13-7-5-12(11-15)6-8-13/h5-8H,2-4,9-11H2,1H3,(H,16,17). The molecule has 0 bridgehead atoms. The lowest BCUT2D eigenvalue weighted by molar-refractivity contribution is 0.0949. The molecule has 0 aliphatic rings. The number of nitrogens with one attached hydrogen (secondary N) is 1. The van der Waals surface area contributed by atoms with Crippen molar-refractivity contribution in [1.82, 2.24) is 5.32 Å². The van der Waals surface area contributed by atoms with E-state index >= 15 is 0 Å². The number of hydrogen-bond acceptors (Lipinski definition) is 2. The summed E-state index contributed by atoms with van der Waals surface area (Å²) >= 11 is 3.38. The van der Waals surface area contributed by atoms with Crippen molar-refractivity contribution in [2.45, 2.75) is 25.1 Å². The molecule has 1 aromatic rings. The van der Waals surface area contributed by atoms with Crippen LogP contribution >= 0.6 is 15.9 Å². The fourth-order valence-electron chi connectivity index (χ4n) is 1.52.